The minimum absolute atomic E-state index is 0.0539. The average molecular weight is 430 g/mol. The van der Waals surface area contributed by atoms with Gasteiger partial charge in [-0.3, -0.25) is 19.5 Å². The molecule has 2 aliphatic heterocycles. The highest BCUT2D eigenvalue weighted by atomic mass is 16.2. The number of benzene rings is 1. The molecule has 1 saturated heterocycles. The first-order valence-electron chi connectivity index (χ1n) is 11.1. The number of aryl methyl sites for hydroxylation is 2. The number of rotatable bonds is 3. The standard InChI is InChI=1S/C25H27N5O2/c1-18-3-5-21(6-4-18)24(32)28-13-9-25(10-14-28)16-23(31)29(17-20-7-11-26-12-8-20)22-15-19(2)27-30(22)25/h3-8,11-12,15H,9-10,13-14,16-17H2,1-2H3. The normalized spacial score (nSPS) is 17.5. The van der Waals surface area contributed by atoms with E-state index in [0.717, 1.165) is 22.6 Å². The monoisotopic (exact) mass is 429 g/mol. The average Bonchev–Trinajstić information content (AvgIpc) is 3.20. The molecule has 0 atom stereocenters. The molecule has 5 rings (SSSR count). The molecule has 2 aromatic heterocycles. The largest absolute Gasteiger partial charge is 0.338 e. The molecule has 0 radical (unpaired) electrons. The Bertz CT molecular complexity index is 1140. The Morgan fingerprint density at radius 1 is 1.03 bits per heavy atom. The van der Waals surface area contributed by atoms with Gasteiger partial charge < -0.3 is 4.90 Å². The lowest BCUT2D eigenvalue weighted by Crippen LogP contribution is -2.54. The first-order valence-corrected chi connectivity index (χ1v) is 11.1. The summed E-state index contributed by atoms with van der Waals surface area (Å²) < 4.78 is 2.05. The summed E-state index contributed by atoms with van der Waals surface area (Å²) in [7, 11) is 0. The number of anilines is 1. The minimum Gasteiger partial charge on any atom is -0.338 e. The highest BCUT2D eigenvalue weighted by Crippen LogP contribution is 2.42. The number of carbonyl (C=O) groups is 2. The van der Waals surface area contributed by atoms with Crippen LogP contribution in [0, 0.1) is 13.8 Å². The molecule has 1 aromatic carbocycles. The molecule has 2 aliphatic rings. The quantitative estimate of drug-likeness (QED) is 0.639. The van der Waals surface area contributed by atoms with Gasteiger partial charge in [0, 0.05) is 37.1 Å². The number of carbonyl (C=O) groups excluding carboxylic acids is 2. The van der Waals surface area contributed by atoms with Crippen LogP contribution in [0.5, 0.6) is 0 Å². The Morgan fingerprint density at radius 2 is 1.72 bits per heavy atom. The fourth-order valence-corrected chi connectivity index (χ4v) is 4.84. The third-order valence-corrected chi connectivity index (χ3v) is 6.69. The highest BCUT2D eigenvalue weighted by Gasteiger charge is 2.46. The SMILES string of the molecule is Cc1ccc(C(=O)N2CCC3(CC2)CC(=O)N(Cc2ccncc2)c2cc(C)nn23)cc1. The van der Waals surface area contributed by atoms with Crippen LogP contribution in [0.2, 0.25) is 0 Å². The molecule has 7 heteroatoms. The van der Waals surface area contributed by atoms with Crippen molar-refractivity contribution < 1.29 is 9.59 Å². The van der Waals surface area contributed by atoms with Gasteiger partial charge in [-0.25, -0.2) is 4.68 Å². The number of amides is 2. The first-order chi connectivity index (χ1) is 15.4. The fraction of sp³-hybridized carbons (Fsp3) is 0.360. The van der Waals surface area contributed by atoms with Crippen molar-refractivity contribution in [1.29, 1.82) is 0 Å². The molecule has 2 amide bonds. The number of fused-ring (bicyclic) bond motifs is 2. The van der Waals surface area contributed by atoms with Gasteiger partial charge in [-0.1, -0.05) is 17.7 Å². The molecule has 0 aliphatic carbocycles. The molecule has 4 heterocycles. The van der Waals surface area contributed by atoms with E-state index >= 15 is 0 Å². The molecule has 32 heavy (non-hydrogen) atoms. The molecule has 0 N–H and O–H groups in total. The van der Waals surface area contributed by atoms with E-state index in [4.69, 9.17) is 5.10 Å². The van der Waals surface area contributed by atoms with Crippen LogP contribution < -0.4 is 4.90 Å². The number of hydrogen-bond donors (Lipinski definition) is 0. The second-order valence-corrected chi connectivity index (χ2v) is 8.95. The van der Waals surface area contributed by atoms with E-state index in [1.54, 1.807) is 12.4 Å². The van der Waals surface area contributed by atoms with Crippen molar-refractivity contribution >= 4 is 17.6 Å². The summed E-state index contributed by atoms with van der Waals surface area (Å²) in [6.07, 6.45) is 5.32. The van der Waals surface area contributed by atoms with Crippen LogP contribution in [-0.2, 0) is 16.9 Å². The topological polar surface area (TPSA) is 71.3 Å². The van der Waals surface area contributed by atoms with E-state index in [-0.39, 0.29) is 17.4 Å². The zero-order valence-corrected chi connectivity index (χ0v) is 18.5. The fourth-order valence-electron chi connectivity index (χ4n) is 4.84. The Morgan fingerprint density at radius 3 is 2.41 bits per heavy atom. The molecule has 1 spiro atoms. The second-order valence-electron chi connectivity index (χ2n) is 8.95. The van der Waals surface area contributed by atoms with Crippen molar-refractivity contribution in [3.05, 3.63) is 77.2 Å². The predicted octanol–water partition coefficient (Wildman–Crippen LogP) is 3.46. The first kappa shape index (κ1) is 20.4. The zero-order chi connectivity index (χ0) is 22.3. The summed E-state index contributed by atoms with van der Waals surface area (Å²) in [6, 6.07) is 13.6. The van der Waals surface area contributed by atoms with Crippen molar-refractivity contribution in [2.24, 2.45) is 0 Å². The van der Waals surface area contributed by atoms with E-state index in [1.807, 2.05) is 66.1 Å². The summed E-state index contributed by atoms with van der Waals surface area (Å²) in [5, 5.41) is 4.80. The summed E-state index contributed by atoms with van der Waals surface area (Å²) >= 11 is 0. The van der Waals surface area contributed by atoms with Crippen LogP contribution in [0.15, 0.2) is 54.9 Å². The molecule has 1 fully saturated rings. The third-order valence-electron chi connectivity index (χ3n) is 6.69. The lowest BCUT2D eigenvalue weighted by Gasteiger charge is -2.46. The Balaban J connectivity index is 1.38. The lowest BCUT2D eigenvalue weighted by atomic mass is 9.82. The molecule has 7 nitrogen and oxygen atoms in total. The Kier molecular flexibility index (Phi) is 5.04. The molecule has 0 bridgehead atoms. The van der Waals surface area contributed by atoms with Gasteiger partial charge in [-0.15, -0.1) is 0 Å². The van der Waals surface area contributed by atoms with Crippen molar-refractivity contribution in [1.82, 2.24) is 19.7 Å². The zero-order valence-electron chi connectivity index (χ0n) is 18.5. The molecule has 164 valence electrons. The molecule has 3 aromatic rings. The number of nitrogens with zero attached hydrogens (tertiary/aromatic N) is 5. The van der Waals surface area contributed by atoms with E-state index in [9.17, 15) is 9.59 Å². The maximum Gasteiger partial charge on any atom is 0.253 e. The second kappa shape index (κ2) is 7.89. The van der Waals surface area contributed by atoms with Gasteiger partial charge in [-0.05, 0) is 56.5 Å². The number of pyridine rings is 1. The van der Waals surface area contributed by atoms with Crippen LogP contribution in [-0.4, -0.2) is 44.6 Å². The molecular formula is C25H27N5O2. The highest BCUT2D eigenvalue weighted by molar-refractivity contribution is 5.95. The smallest absolute Gasteiger partial charge is 0.253 e. The lowest BCUT2D eigenvalue weighted by molar-refractivity contribution is -0.123. The van der Waals surface area contributed by atoms with E-state index < -0.39 is 0 Å². The van der Waals surface area contributed by atoms with Crippen molar-refractivity contribution in [3.63, 3.8) is 0 Å². The number of likely N-dealkylation sites (tertiary alicyclic amines) is 1. The summed E-state index contributed by atoms with van der Waals surface area (Å²) in [5.41, 5.74) is 3.41. The van der Waals surface area contributed by atoms with Gasteiger partial charge in [0.25, 0.3) is 5.91 Å². The summed E-state index contributed by atoms with van der Waals surface area (Å²) in [4.78, 5) is 34.1. The molecular weight excluding hydrogens is 402 g/mol. The van der Waals surface area contributed by atoms with E-state index in [0.29, 0.717) is 44.5 Å². The summed E-state index contributed by atoms with van der Waals surface area (Å²) in [5.74, 6) is 1.000. The molecule has 0 unspecified atom stereocenters. The van der Waals surface area contributed by atoms with Gasteiger partial charge in [-0.2, -0.15) is 5.10 Å². The van der Waals surface area contributed by atoms with Crippen molar-refractivity contribution in [3.8, 4) is 0 Å². The van der Waals surface area contributed by atoms with Crippen LogP contribution in [0.3, 0.4) is 0 Å². The van der Waals surface area contributed by atoms with Gasteiger partial charge in [0.15, 0.2) is 0 Å². The van der Waals surface area contributed by atoms with Gasteiger partial charge in [0.1, 0.15) is 5.82 Å². The maximum atomic E-state index is 13.3. The van der Waals surface area contributed by atoms with Gasteiger partial charge >= 0.3 is 0 Å². The van der Waals surface area contributed by atoms with Crippen molar-refractivity contribution in [2.75, 3.05) is 18.0 Å². The minimum atomic E-state index is -0.376. The van der Waals surface area contributed by atoms with Gasteiger partial charge in [0.05, 0.1) is 24.2 Å². The third kappa shape index (κ3) is 3.57. The Hall–Kier alpha value is -3.48. The van der Waals surface area contributed by atoms with Crippen LogP contribution in [0.25, 0.3) is 0 Å². The van der Waals surface area contributed by atoms with Crippen LogP contribution >= 0.6 is 0 Å². The van der Waals surface area contributed by atoms with Gasteiger partial charge in [0.2, 0.25) is 5.91 Å². The summed E-state index contributed by atoms with van der Waals surface area (Å²) in [6.45, 7) is 5.71. The number of aromatic nitrogens is 3. The predicted molar refractivity (Wildman–Crippen MR) is 121 cm³/mol. The van der Waals surface area contributed by atoms with Crippen LogP contribution in [0.4, 0.5) is 5.82 Å². The molecule has 0 saturated carbocycles. The van der Waals surface area contributed by atoms with E-state index in [2.05, 4.69) is 9.67 Å². The number of hydrogen-bond acceptors (Lipinski definition) is 4. The van der Waals surface area contributed by atoms with E-state index in [1.165, 1.54) is 0 Å². The van der Waals surface area contributed by atoms with Crippen molar-refractivity contribution in [2.45, 2.75) is 45.2 Å². The maximum absolute atomic E-state index is 13.3. The Labute approximate surface area is 187 Å². The van der Waals surface area contributed by atoms with Crippen LogP contribution in [0.1, 0.15) is 46.4 Å². The number of piperidine rings is 1.